The third-order valence-electron chi connectivity index (χ3n) is 3.96. The van der Waals surface area contributed by atoms with E-state index >= 15 is 0 Å². The summed E-state index contributed by atoms with van der Waals surface area (Å²) in [5.41, 5.74) is 2.05. The Morgan fingerprint density at radius 2 is 1.29 bits per heavy atom. The van der Waals surface area contributed by atoms with Crippen molar-refractivity contribution in [3.8, 4) is 0 Å². The summed E-state index contributed by atoms with van der Waals surface area (Å²) in [6.45, 7) is 0. The molecule has 0 amide bonds. The molecule has 0 unspecified atom stereocenters. The number of hydrogen-bond acceptors (Lipinski definition) is 2. The zero-order valence-electron chi connectivity index (χ0n) is 12.5. The van der Waals surface area contributed by atoms with E-state index in [4.69, 9.17) is 11.6 Å². The molecule has 4 rings (SSSR count). The SMILES string of the molecule is O=C1c2ccccc2C(=O)c2c([Se]c3ccc(Cl)cc3)cccc21. The quantitative estimate of drug-likeness (QED) is 0.487. The molecule has 24 heavy (non-hydrogen) atoms. The number of carbonyl (C=O) groups excluding carboxylic acids is 2. The summed E-state index contributed by atoms with van der Waals surface area (Å²) in [5, 5.41) is 0.685. The molecular formula is C20H11ClO2Se. The molecule has 1 aliphatic rings. The molecule has 116 valence electrons. The molecule has 3 aromatic carbocycles. The van der Waals surface area contributed by atoms with Gasteiger partial charge in [-0.2, -0.15) is 0 Å². The molecule has 3 aromatic rings. The first kappa shape index (κ1) is 15.3. The Hall–Kier alpha value is -2.19. The van der Waals surface area contributed by atoms with Crippen LogP contribution in [-0.2, 0) is 0 Å². The Balaban J connectivity index is 1.83. The van der Waals surface area contributed by atoms with Gasteiger partial charge in [-0.05, 0) is 0 Å². The first-order chi connectivity index (χ1) is 11.6. The number of carbonyl (C=O) groups is 2. The van der Waals surface area contributed by atoms with Gasteiger partial charge in [0.2, 0.25) is 0 Å². The Labute approximate surface area is 150 Å². The van der Waals surface area contributed by atoms with Crippen LogP contribution in [0.2, 0.25) is 5.02 Å². The molecule has 0 radical (unpaired) electrons. The number of ketones is 2. The van der Waals surface area contributed by atoms with Gasteiger partial charge in [-0.1, -0.05) is 0 Å². The predicted octanol–water partition coefficient (Wildman–Crippen LogP) is 2.77. The van der Waals surface area contributed by atoms with E-state index in [1.807, 2.05) is 36.4 Å². The summed E-state index contributed by atoms with van der Waals surface area (Å²) in [6, 6.07) is 20.2. The Morgan fingerprint density at radius 3 is 2.00 bits per heavy atom. The maximum atomic E-state index is 13.0. The van der Waals surface area contributed by atoms with Crippen molar-refractivity contribution in [1.29, 1.82) is 0 Å². The molecule has 0 aliphatic heterocycles. The van der Waals surface area contributed by atoms with Gasteiger partial charge >= 0.3 is 151 Å². The fraction of sp³-hybridized carbons (Fsp3) is 0. The van der Waals surface area contributed by atoms with E-state index in [-0.39, 0.29) is 26.5 Å². The normalized spacial score (nSPS) is 12.7. The van der Waals surface area contributed by atoms with Crippen LogP contribution in [0.3, 0.4) is 0 Å². The summed E-state index contributed by atoms with van der Waals surface area (Å²) in [7, 11) is 0. The van der Waals surface area contributed by atoms with Gasteiger partial charge in [0.05, 0.1) is 0 Å². The molecule has 1 aliphatic carbocycles. The van der Waals surface area contributed by atoms with E-state index in [9.17, 15) is 9.59 Å². The second-order valence-corrected chi connectivity index (χ2v) is 8.22. The molecule has 0 aromatic heterocycles. The molecule has 0 fully saturated rings. The molecule has 0 spiro atoms. The number of benzene rings is 3. The van der Waals surface area contributed by atoms with E-state index in [1.54, 1.807) is 30.3 Å². The van der Waals surface area contributed by atoms with E-state index in [2.05, 4.69) is 0 Å². The van der Waals surface area contributed by atoms with Crippen molar-refractivity contribution in [1.82, 2.24) is 0 Å². The predicted molar refractivity (Wildman–Crippen MR) is 96.2 cm³/mol. The minimum atomic E-state index is -0.0750. The maximum absolute atomic E-state index is 13.0. The summed E-state index contributed by atoms with van der Waals surface area (Å²) in [6.07, 6.45) is 0. The van der Waals surface area contributed by atoms with E-state index in [1.165, 1.54) is 0 Å². The van der Waals surface area contributed by atoms with Crippen LogP contribution in [0.5, 0.6) is 0 Å². The monoisotopic (exact) mass is 398 g/mol. The Morgan fingerprint density at radius 1 is 0.667 bits per heavy atom. The number of halogens is 1. The van der Waals surface area contributed by atoms with Crippen LogP contribution in [-0.4, -0.2) is 26.5 Å². The van der Waals surface area contributed by atoms with Crippen molar-refractivity contribution in [2.24, 2.45) is 0 Å². The van der Waals surface area contributed by atoms with Crippen LogP contribution in [0, 0.1) is 0 Å². The van der Waals surface area contributed by atoms with E-state index in [0.717, 1.165) is 8.92 Å². The standard InChI is InChI=1S/C20H11ClO2Se/c21-12-8-10-13(11-9-12)24-17-7-3-6-16-18(17)20(23)15-5-2-1-4-14(15)19(16)22/h1-11H. The molecular weight excluding hydrogens is 387 g/mol. The van der Waals surface area contributed by atoms with Crippen LogP contribution < -0.4 is 8.92 Å². The number of rotatable bonds is 2. The second kappa shape index (κ2) is 6.03. The van der Waals surface area contributed by atoms with Gasteiger partial charge in [-0.3, -0.25) is 0 Å². The summed E-state index contributed by atoms with van der Waals surface area (Å²) in [5.74, 6) is -0.138. The summed E-state index contributed by atoms with van der Waals surface area (Å²) < 4.78 is 2.04. The van der Waals surface area contributed by atoms with E-state index in [0.29, 0.717) is 27.3 Å². The van der Waals surface area contributed by atoms with Gasteiger partial charge in [-0.25, -0.2) is 0 Å². The van der Waals surface area contributed by atoms with Crippen LogP contribution in [0.1, 0.15) is 31.8 Å². The van der Waals surface area contributed by atoms with Gasteiger partial charge in [0.15, 0.2) is 0 Å². The van der Waals surface area contributed by atoms with Crippen molar-refractivity contribution in [3.63, 3.8) is 0 Å². The average molecular weight is 398 g/mol. The van der Waals surface area contributed by atoms with E-state index < -0.39 is 0 Å². The van der Waals surface area contributed by atoms with Gasteiger partial charge in [-0.15, -0.1) is 0 Å². The molecule has 0 bridgehead atoms. The Bertz CT molecular complexity index is 977. The fourth-order valence-corrected chi connectivity index (χ4v) is 5.00. The van der Waals surface area contributed by atoms with Crippen LogP contribution in [0.15, 0.2) is 66.7 Å². The molecule has 2 nitrogen and oxygen atoms in total. The fourth-order valence-electron chi connectivity index (χ4n) is 2.83. The number of hydrogen-bond donors (Lipinski definition) is 0. The molecule has 0 N–H and O–H groups in total. The summed E-state index contributed by atoms with van der Waals surface area (Å²) >= 11 is 5.87. The Kier molecular flexibility index (Phi) is 3.85. The van der Waals surface area contributed by atoms with Crippen LogP contribution in [0.25, 0.3) is 0 Å². The molecule has 0 heterocycles. The van der Waals surface area contributed by atoms with Gasteiger partial charge < -0.3 is 0 Å². The van der Waals surface area contributed by atoms with Crippen molar-refractivity contribution >= 4 is 47.0 Å². The topological polar surface area (TPSA) is 34.1 Å². The van der Waals surface area contributed by atoms with Gasteiger partial charge in [0.1, 0.15) is 0 Å². The molecule has 0 atom stereocenters. The molecule has 4 heteroatoms. The van der Waals surface area contributed by atoms with Gasteiger partial charge in [0.25, 0.3) is 0 Å². The first-order valence-corrected chi connectivity index (χ1v) is 9.49. The van der Waals surface area contributed by atoms with Gasteiger partial charge in [0, 0.05) is 0 Å². The van der Waals surface area contributed by atoms with Crippen molar-refractivity contribution in [2.75, 3.05) is 0 Å². The number of fused-ring (bicyclic) bond motifs is 2. The first-order valence-electron chi connectivity index (χ1n) is 7.40. The van der Waals surface area contributed by atoms with Crippen LogP contribution in [0.4, 0.5) is 0 Å². The van der Waals surface area contributed by atoms with Crippen molar-refractivity contribution < 1.29 is 9.59 Å². The van der Waals surface area contributed by atoms with Crippen LogP contribution >= 0.6 is 11.6 Å². The average Bonchev–Trinajstić information content (AvgIpc) is 2.61. The minimum absolute atomic E-state index is 0.0633. The molecule has 0 saturated heterocycles. The zero-order chi connectivity index (χ0) is 16.7. The van der Waals surface area contributed by atoms with Crippen molar-refractivity contribution in [3.05, 3.63) is 94.0 Å². The molecule has 0 saturated carbocycles. The van der Waals surface area contributed by atoms with Crippen molar-refractivity contribution in [2.45, 2.75) is 0 Å². The zero-order valence-corrected chi connectivity index (χ0v) is 14.9. The third kappa shape index (κ3) is 2.51. The third-order valence-corrected chi connectivity index (χ3v) is 6.45. The second-order valence-electron chi connectivity index (χ2n) is 5.44. The summed E-state index contributed by atoms with van der Waals surface area (Å²) in [4.78, 5) is 25.7.